The van der Waals surface area contributed by atoms with E-state index in [0.717, 1.165) is 24.2 Å². The molecule has 0 spiro atoms. The summed E-state index contributed by atoms with van der Waals surface area (Å²) in [6, 6.07) is 0. The molecule has 0 aliphatic heterocycles. The van der Waals surface area contributed by atoms with E-state index in [1.165, 1.54) is 0 Å². The number of rotatable bonds is 5. The third-order valence-corrected chi connectivity index (χ3v) is 2.65. The fourth-order valence-electron chi connectivity index (χ4n) is 1.43. The van der Waals surface area contributed by atoms with Gasteiger partial charge in [0.25, 0.3) is 0 Å². The lowest BCUT2D eigenvalue weighted by atomic mass is 9.95. The maximum absolute atomic E-state index is 5.71. The number of anilines is 1. The van der Waals surface area contributed by atoms with Crippen molar-refractivity contribution in [1.82, 2.24) is 9.97 Å². The molecule has 0 radical (unpaired) electrons. The number of hydrazine groups is 1. The predicted molar refractivity (Wildman–Crippen MR) is 73.7 cm³/mol. The Kier molecular flexibility index (Phi) is 4.90. The molecule has 3 N–H and O–H groups in total. The van der Waals surface area contributed by atoms with Crippen LogP contribution in [0, 0.1) is 6.92 Å². The Hall–Kier alpha value is -1.36. The Morgan fingerprint density at radius 1 is 1.28 bits per heavy atom. The molecule has 1 aromatic rings. The molecule has 0 amide bonds. The molecule has 1 rings (SSSR count). The zero-order chi connectivity index (χ0) is 13.8. The molecule has 0 bridgehead atoms. The van der Waals surface area contributed by atoms with Crippen LogP contribution in [-0.4, -0.2) is 16.6 Å². The Balaban J connectivity index is 3.07. The van der Waals surface area contributed by atoms with Crippen LogP contribution in [0.5, 0.6) is 5.88 Å². The van der Waals surface area contributed by atoms with Crippen LogP contribution in [0.25, 0.3) is 0 Å². The zero-order valence-electron chi connectivity index (χ0n) is 12.0. The van der Waals surface area contributed by atoms with Gasteiger partial charge in [-0.05, 0) is 13.3 Å². The molecule has 1 heterocycles. The quantitative estimate of drug-likeness (QED) is 0.478. The average molecular weight is 252 g/mol. The standard InChI is InChI=1S/C13H24N4O/c1-6-7-8-18-11-9(2)10(17-14)15-12(16-11)13(3,4)5/h6-8,14H2,1-5H3,(H,15,16,17). The number of hydrogen-bond donors (Lipinski definition) is 2. The average Bonchev–Trinajstić information content (AvgIpc) is 2.30. The second-order valence-electron chi connectivity index (χ2n) is 5.42. The molecule has 5 nitrogen and oxygen atoms in total. The summed E-state index contributed by atoms with van der Waals surface area (Å²) >= 11 is 0. The molecule has 5 heteroatoms. The highest BCUT2D eigenvalue weighted by molar-refractivity contribution is 5.48. The smallest absolute Gasteiger partial charge is 0.221 e. The van der Waals surface area contributed by atoms with Crippen LogP contribution in [0.2, 0.25) is 0 Å². The van der Waals surface area contributed by atoms with Crippen LogP contribution in [0.15, 0.2) is 0 Å². The topological polar surface area (TPSA) is 73.1 Å². The highest BCUT2D eigenvalue weighted by Gasteiger charge is 2.21. The molecule has 0 atom stereocenters. The molecule has 0 aromatic carbocycles. The van der Waals surface area contributed by atoms with Crippen LogP contribution in [-0.2, 0) is 5.41 Å². The van der Waals surface area contributed by atoms with E-state index in [9.17, 15) is 0 Å². The SMILES string of the molecule is CCCCOc1nc(C(C)(C)C)nc(NN)c1C. The van der Waals surface area contributed by atoms with Crippen molar-refractivity contribution in [2.45, 2.75) is 52.9 Å². The van der Waals surface area contributed by atoms with Gasteiger partial charge in [0.15, 0.2) is 5.82 Å². The first kappa shape index (κ1) is 14.7. The molecular formula is C13H24N4O. The van der Waals surface area contributed by atoms with E-state index in [1.54, 1.807) is 0 Å². The number of ether oxygens (including phenoxy) is 1. The van der Waals surface area contributed by atoms with Gasteiger partial charge in [-0.2, -0.15) is 4.98 Å². The summed E-state index contributed by atoms with van der Waals surface area (Å²) in [7, 11) is 0. The summed E-state index contributed by atoms with van der Waals surface area (Å²) < 4.78 is 5.71. The van der Waals surface area contributed by atoms with Gasteiger partial charge in [-0.1, -0.05) is 34.1 Å². The van der Waals surface area contributed by atoms with Crippen molar-refractivity contribution in [3.8, 4) is 5.88 Å². The predicted octanol–water partition coefficient (Wildman–Crippen LogP) is 2.55. The number of nitrogens with one attached hydrogen (secondary N) is 1. The number of hydrogen-bond acceptors (Lipinski definition) is 5. The Labute approximate surface area is 109 Å². The zero-order valence-corrected chi connectivity index (χ0v) is 12.0. The molecule has 0 unspecified atom stereocenters. The van der Waals surface area contributed by atoms with Crippen molar-refractivity contribution in [3.63, 3.8) is 0 Å². The summed E-state index contributed by atoms with van der Waals surface area (Å²) in [6.45, 7) is 10.9. The van der Waals surface area contributed by atoms with Gasteiger partial charge in [0.1, 0.15) is 5.82 Å². The van der Waals surface area contributed by atoms with Crippen molar-refractivity contribution in [2.75, 3.05) is 12.0 Å². The highest BCUT2D eigenvalue weighted by atomic mass is 16.5. The van der Waals surface area contributed by atoms with Gasteiger partial charge in [0.05, 0.1) is 12.2 Å². The van der Waals surface area contributed by atoms with Crippen LogP contribution < -0.4 is 16.0 Å². The summed E-state index contributed by atoms with van der Waals surface area (Å²) in [5.41, 5.74) is 3.32. The van der Waals surface area contributed by atoms with Crippen LogP contribution in [0.1, 0.15) is 51.9 Å². The fourth-order valence-corrected chi connectivity index (χ4v) is 1.43. The number of unbranched alkanes of at least 4 members (excludes halogenated alkanes) is 1. The van der Waals surface area contributed by atoms with E-state index in [4.69, 9.17) is 10.6 Å². The second kappa shape index (κ2) is 6.00. The summed E-state index contributed by atoms with van der Waals surface area (Å²) in [4.78, 5) is 8.92. The van der Waals surface area contributed by atoms with Gasteiger partial charge >= 0.3 is 0 Å². The number of aromatic nitrogens is 2. The minimum atomic E-state index is -0.137. The molecule has 102 valence electrons. The van der Waals surface area contributed by atoms with E-state index in [2.05, 4.69) is 43.1 Å². The van der Waals surface area contributed by atoms with Crippen LogP contribution in [0.4, 0.5) is 5.82 Å². The number of nitrogens with zero attached hydrogens (tertiary/aromatic N) is 2. The summed E-state index contributed by atoms with van der Waals surface area (Å²) in [5, 5.41) is 0. The molecular weight excluding hydrogens is 228 g/mol. The third kappa shape index (κ3) is 3.57. The van der Waals surface area contributed by atoms with Crippen molar-refractivity contribution >= 4 is 5.82 Å². The largest absolute Gasteiger partial charge is 0.477 e. The molecule has 0 saturated heterocycles. The van der Waals surface area contributed by atoms with Crippen molar-refractivity contribution < 1.29 is 4.74 Å². The highest BCUT2D eigenvalue weighted by Crippen LogP contribution is 2.27. The molecule has 0 saturated carbocycles. The number of nitrogens with two attached hydrogens (primary N) is 1. The minimum Gasteiger partial charge on any atom is -0.477 e. The molecule has 0 aliphatic carbocycles. The number of nitrogen functional groups attached to an aromatic ring is 1. The first-order valence-electron chi connectivity index (χ1n) is 6.38. The summed E-state index contributed by atoms with van der Waals surface area (Å²) in [5.74, 6) is 7.47. The maximum Gasteiger partial charge on any atom is 0.221 e. The Morgan fingerprint density at radius 3 is 2.44 bits per heavy atom. The van der Waals surface area contributed by atoms with Gasteiger partial charge in [0, 0.05) is 5.41 Å². The minimum absolute atomic E-state index is 0.137. The fraction of sp³-hybridized carbons (Fsp3) is 0.692. The summed E-state index contributed by atoms with van der Waals surface area (Å²) in [6.07, 6.45) is 2.11. The maximum atomic E-state index is 5.71. The van der Waals surface area contributed by atoms with Gasteiger partial charge < -0.3 is 10.2 Å². The third-order valence-electron chi connectivity index (χ3n) is 2.65. The van der Waals surface area contributed by atoms with Crippen molar-refractivity contribution in [1.29, 1.82) is 0 Å². The molecule has 0 fully saturated rings. The van der Waals surface area contributed by atoms with Gasteiger partial charge in [0.2, 0.25) is 5.88 Å². The normalized spacial score (nSPS) is 11.4. The molecule has 18 heavy (non-hydrogen) atoms. The monoisotopic (exact) mass is 252 g/mol. The van der Waals surface area contributed by atoms with E-state index in [1.807, 2.05) is 6.92 Å². The lowest BCUT2D eigenvalue weighted by Gasteiger charge is -2.20. The van der Waals surface area contributed by atoms with Crippen LogP contribution in [0.3, 0.4) is 0 Å². The van der Waals surface area contributed by atoms with E-state index < -0.39 is 0 Å². The van der Waals surface area contributed by atoms with E-state index >= 15 is 0 Å². The van der Waals surface area contributed by atoms with Gasteiger partial charge in [-0.25, -0.2) is 10.8 Å². The van der Waals surface area contributed by atoms with Crippen molar-refractivity contribution in [3.05, 3.63) is 11.4 Å². The lowest BCUT2D eigenvalue weighted by Crippen LogP contribution is -2.20. The second-order valence-corrected chi connectivity index (χ2v) is 5.42. The lowest BCUT2D eigenvalue weighted by molar-refractivity contribution is 0.292. The van der Waals surface area contributed by atoms with Gasteiger partial charge in [-0.3, -0.25) is 0 Å². The Bertz CT molecular complexity index is 399. The molecule has 0 aliphatic rings. The first-order valence-corrected chi connectivity index (χ1v) is 6.38. The van der Waals surface area contributed by atoms with E-state index in [-0.39, 0.29) is 5.41 Å². The first-order chi connectivity index (χ1) is 8.40. The van der Waals surface area contributed by atoms with Crippen LogP contribution >= 0.6 is 0 Å². The van der Waals surface area contributed by atoms with E-state index in [0.29, 0.717) is 18.3 Å². The Morgan fingerprint density at radius 2 is 1.94 bits per heavy atom. The van der Waals surface area contributed by atoms with Gasteiger partial charge in [-0.15, -0.1) is 0 Å². The van der Waals surface area contributed by atoms with Crippen molar-refractivity contribution in [2.24, 2.45) is 5.84 Å². The molecule has 1 aromatic heterocycles.